The van der Waals surface area contributed by atoms with Crippen molar-refractivity contribution in [1.82, 2.24) is 9.36 Å². The standard InChI is InChI=1S/C11H17N3O2S/c1-6(2)5-8(10(15)16)12-11-13-9(14-17-11)7-3-4-7/h6-8H,3-5H2,1-2H3,(H,15,16)(H,12,13,14). The summed E-state index contributed by atoms with van der Waals surface area (Å²) in [6.07, 6.45) is 2.91. The van der Waals surface area contributed by atoms with E-state index in [0.29, 0.717) is 23.4 Å². The second kappa shape index (κ2) is 5.00. The highest BCUT2D eigenvalue weighted by Gasteiger charge is 2.28. The molecule has 1 unspecified atom stereocenters. The van der Waals surface area contributed by atoms with Gasteiger partial charge in [-0.2, -0.15) is 4.37 Å². The Labute approximate surface area is 104 Å². The lowest BCUT2D eigenvalue weighted by Gasteiger charge is -2.15. The zero-order valence-corrected chi connectivity index (χ0v) is 10.8. The van der Waals surface area contributed by atoms with Crippen LogP contribution in [0.4, 0.5) is 5.13 Å². The molecule has 0 spiro atoms. The van der Waals surface area contributed by atoms with Gasteiger partial charge in [0.2, 0.25) is 5.13 Å². The number of aliphatic carboxylic acids is 1. The quantitative estimate of drug-likeness (QED) is 0.816. The first-order valence-electron chi connectivity index (χ1n) is 5.89. The van der Waals surface area contributed by atoms with E-state index in [2.05, 4.69) is 14.7 Å². The molecule has 17 heavy (non-hydrogen) atoms. The Morgan fingerprint density at radius 1 is 1.59 bits per heavy atom. The Kier molecular flexibility index (Phi) is 3.61. The lowest BCUT2D eigenvalue weighted by molar-refractivity contribution is -0.138. The van der Waals surface area contributed by atoms with Crippen molar-refractivity contribution in [3.63, 3.8) is 0 Å². The van der Waals surface area contributed by atoms with Crippen LogP contribution in [0.2, 0.25) is 0 Å². The fourth-order valence-corrected chi connectivity index (χ4v) is 2.34. The summed E-state index contributed by atoms with van der Waals surface area (Å²) in [5.74, 6) is 0.877. The summed E-state index contributed by atoms with van der Waals surface area (Å²) in [6, 6.07) is -0.574. The van der Waals surface area contributed by atoms with Crippen LogP contribution in [-0.2, 0) is 4.79 Å². The SMILES string of the molecule is CC(C)CC(Nc1nc(C2CC2)ns1)C(=O)O. The van der Waals surface area contributed by atoms with Gasteiger partial charge in [-0.1, -0.05) is 13.8 Å². The van der Waals surface area contributed by atoms with Crippen molar-refractivity contribution in [2.24, 2.45) is 5.92 Å². The minimum atomic E-state index is -0.832. The van der Waals surface area contributed by atoms with E-state index in [1.807, 2.05) is 13.8 Å². The molecule has 0 aliphatic heterocycles. The third-order valence-corrected chi connectivity index (χ3v) is 3.35. The number of aromatic nitrogens is 2. The summed E-state index contributed by atoms with van der Waals surface area (Å²) < 4.78 is 4.24. The lowest BCUT2D eigenvalue weighted by Crippen LogP contribution is -2.30. The Bertz CT molecular complexity index is 401. The van der Waals surface area contributed by atoms with Crippen molar-refractivity contribution in [2.45, 2.75) is 45.1 Å². The molecule has 1 fully saturated rings. The highest BCUT2D eigenvalue weighted by molar-refractivity contribution is 7.09. The van der Waals surface area contributed by atoms with Crippen molar-refractivity contribution in [2.75, 3.05) is 5.32 Å². The molecule has 1 atom stereocenters. The van der Waals surface area contributed by atoms with Gasteiger partial charge in [-0.05, 0) is 25.2 Å². The predicted octanol–water partition coefficient (Wildman–Crippen LogP) is 2.33. The molecule has 1 aromatic heterocycles. The van der Waals surface area contributed by atoms with Crippen molar-refractivity contribution in [1.29, 1.82) is 0 Å². The smallest absolute Gasteiger partial charge is 0.326 e. The molecule has 0 amide bonds. The Morgan fingerprint density at radius 2 is 2.29 bits per heavy atom. The maximum Gasteiger partial charge on any atom is 0.326 e. The molecule has 94 valence electrons. The van der Waals surface area contributed by atoms with Crippen molar-refractivity contribution >= 4 is 22.6 Å². The van der Waals surface area contributed by atoms with Crippen LogP contribution in [0.5, 0.6) is 0 Å². The minimum absolute atomic E-state index is 0.333. The van der Waals surface area contributed by atoms with Crippen LogP contribution in [0.25, 0.3) is 0 Å². The zero-order chi connectivity index (χ0) is 12.4. The zero-order valence-electron chi connectivity index (χ0n) is 10.0. The van der Waals surface area contributed by atoms with Gasteiger partial charge in [-0.15, -0.1) is 0 Å². The van der Waals surface area contributed by atoms with Crippen molar-refractivity contribution in [3.8, 4) is 0 Å². The van der Waals surface area contributed by atoms with E-state index in [4.69, 9.17) is 5.11 Å². The van der Waals surface area contributed by atoms with E-state index in [0.717, 1.165) is 18.7 Å². The summed E-state index contributed by atoms with van der Waals surface area (Å²) in [7, 11) is 0. The summed E-state index contributed by atoms with van der Waals surface area (Å²) in [4.78, 5) is 15.4. The first-order valence-corrected chi connectivity index (χ1v) is 6.66. The molecule has 5 nitrogen and oxygen atoms in total. The van der Waals surface area contributed by atoms with Crippen LogP contribution in [0.3, 0.4) is 0 Å². The van der Waals surface area contributed by atoms with E-state index in [-0.39, 0.29) is 0 Å². The molecule has 1 aliphatic carbocycles. The monoisotopic (exact) mass is 255 g/mol. The fourth-order valence-electron chi connectivity index (χ4n) is 1.64. The van der Waals surface area contributed by atoms with Crippen LogP contribution >= 0.6 is 11.5 Å². The van der Waals surface area contributed by atoms with Gasteiger partial charge in [0.25, 0.3) is 0 Å². The van der Waals surface area contributed by atoms with Crippen LogP contribution in [0.1, 0.15) is 44.9 Å². The Hall–Kier alpha value is -1.17. The van der Waals surface area contributed by atoms with Gasteiger partial charge >= 0.3 is 5.97 Å². The van der Waals surface area contributed by atoms with Crippen molar-refractivity contribution in [3.05, 3.63) is 5.82 Å². The molecule has 1 aromatic rings. The van der Waals surface area contributed by atoms with Gasteiger partial charge in [-0.3, -0.25) is 0 Å². The summed E-state index contributed by atoms with van der Waals surface area (Å²) in [5, 5.41) is 12.7. The predicted molar refractivity (Wildman–Crippen MR) is 66.4 cm³/mol. The topological polar surface area (TPSA) is 75.1 Å². The van der Waals surface area contributed by atoms with E-state index in [1.54, 1.807) is 0 Å². The molecule has 0 saturated heterocycles. The number of nitrogens with zero attached hydrogens (tertiary/aromatic N) is 2. The number of carboxylic acids is 1. The Morgan fingerprint density at radius 3 is 2.82 bits per heavy atom. The molecule has 0 bridgehead atoms. The van der Waals surface area contributed by atoms with Crippen LogP contribution in [0.15, 0.2) is 0 Å². The third kappa shape index (κ3) is 3.39. The molecule has 1 heterocycles. The van der Waals surface area contributed by atoms with Crippen LogP contribution in [-0.4, -0.2) is 26.5 Å². The molecular formula is C11H17N3O2S. The molecule has 1 aliphatic rings. The highest BCUT2D eigenvalue weighted by Crippen LogP contribution is 2.39. The lowest BCUT2D eigenvalue weighted by atomic mass is 10.0. The van der Waals surface area contributed by atoms with Gasteiger partial charge in [0, 0.05) is 17.5 Å². The van der Waals surface area contributed by atoms with Gasteiger partial charge in [0.1, 0.15) is 11.9 Å². The van der Waals surface area contributed by atoms with E-state index >= 15 is 0 Å². The molecular weight excluding hydrogens is 238 g/mol. The first-order chi connectivity index (χ1) is 8.06. The molecule has 2 rings (SSSR count). The van der Waals surface area contributed by atoms with E-state index in [1.165, 1.54) is 11.5 Å². The van der Waals surface area contributed by atoms with E-state index < -0.39 is 12.0 Å². The van der Waals surface area contributed by atoms with Crippen LogP contribution in [0, 0.1) is 5.92 Å². The Balaban J connectivity index is 1.97. The number of carboxylic acid groups (broad SMARTS) is 1. The number of anilines is 1. The number of hydrogen-bond acceptors (Lipinski definition) is 5. The minimum Gasteiger partial charge on any atom is -0.480 e. The summed E-state index contributed by atoms with van der Waals surface area (Å²) in [6.45, 7) is 4.01. The maximum absolute atomic E-state index is 11.1. The molecule has 6 heteroatoms. The molecule has 2 N–H and O–H groups in total. The number of carbonyl (C=O) groups is 1. The number of hydrogen-bond donors (Lipinski definition) is 2. The number of nitrogens with one attached hydrogen (secondary N) is 1. The summed E-state index contributed by atoms with van der Waals surface area (Å²) in [5.41, 5.74) is 0. The van der Waals surface area contributed by atoms with Crippen molar-refractivity contribution < 1.29 is 9.90 Å². The normalized spacial score (nSPS) is 17.1. The second-order valence-corrected chi connectivity index (χ2v) is 5.65. The fraction of sp³-hybridized carbons (Fsp3) is 0.727. The largest absolute Gasteiger partial charge is 0.480 e. The summed E-state index contributed by atoms with van der Waals surface area (Å²) >= 11 is 1.26. The first kappa shape index (κ1) is 12.3. The van der Waals surface area contributed by atoms with Gasteiger partial charge in [-0.25, -0.2) is 9.78 Å². The molecule has 0 aromatic carbocycles. The van der Waals surface area contributed by atoms with Gasteiger partial charge in [0.05, 0.1) is 0 Å². The van der Waals surface area contributed by atoms with Gasteiger partial charge in [0.15, 0.2) is 0 Å². The molecule has 0 radical (unpaired) electrons. The van der Waals surface area contributed by atoms with Gasteiger partial charge < -0.3 is 10.4 Å². The molecule has 1 saturated carbocycles. The van der Waals surface area contributed by atoms with Crippen LogP contribution < -0.4 is 5.32 Å². The van der Waals surface area contributed by atoms with E-state index in [9.17, 15) is 4.79 Å². The average molecular weight is 255 g/mol. The second-order valence-electron chi connectivity index (χ2n) is 4.90. The third-order valence-electron chi connectivity index (χ3n) is 2.69. The number of rotatable bonds is 6. The average Bonchev–Trinajstić information content (AvgIpc) is 2.98. The maximum atomic E-state index is 11.1. The highest BCUT2D eigenvalue weighted by atomic mass is 32.1.